The van der Waals surface area contributed by atoms with Gasteiger partial charge in [-0.3, -0.25) is 14.9 Å². The Balaban J connectivity index is 1.87. The molecule has 0 atom stereocenters. The molecule has 0 aliphatic rings. The fourth-order valence-corrected chi connectivity index (χ4v) is 4.11. The van der Waals surface area contributed by atoms with Crippen LogP contribution in [0.15, 0.2) is 53.1 Å². The van der Waals surface area contributed by atoms with Crippen LogP contribution in [0.3, 0.4) is 0 Å². The maximum Gasteiger partial charge on any atom is 0.417 e. The van der Waals surface area contributed by atoms with Crippen LogP contribution in [0.1, 0.15) is 46.8 Å². The van der Waals surface area contributed by atoms with Crippen molar-refractivity contribution < 1.29 is 47.0 Å². The maximum atomic E-state index is 14.3. The molecule has 0 saturated carbocycles. The van der Waals surface area contributed by atoms with Gasteiger partial charge >= 0.3 is 12.3 Å². The van der Waals surface area contributed by atoms with E-state index in [9.17, 15) is 37.8 Å². The van der Waals surface area contributed by atoms with E-state index < -0.39 is 41.5 Å². The van der Waals surface area contributed by atoms with Gasteiger partial charge in [-0.1, -0.05) is 18.1 Å². The van der Waals surface area contributed by atoms with E-state index in [1.165, 1.54) is 30.3 Å². The summed E-state index contributed by atoms with van der Waals surface area (Å²) in [5.41, 5.74) is -2.60. The zero-order chi connectivity index (χ0) is 31.5. The largest absolute Gasteiger partial charge is 0.453 e. The van der Waals surface area contributed by atoms with Crippen molar-refractivity contribution in [3.8, 4) is 17.2 Å². The summed E-state index contributed by atoms with van der Waals surface area (Å²) in [5, 5.41) is 39.3. The molecule has 1 heterocycles. The molecule has 0 saturated heterocycles. The average Bonchev–Trinajstić information content (AvgIpc) is 3.39. The lowest BCUT2D eigenvalue weighted by atomic mass is 9.95. The Kier molecular flexibility index (Phi) is 8.64. The summed E-state index contributed by atoms with van der Waals surface area (Å²) < 4.78 is 52.5. The van der Waals surface area contributed by atoms with Crippen molar-refractivity contribution in [2.75, 3.05) is 23.1 Å². The fourth-order valence-electron chi connectivity index (χ4n) is 4.11. The second kappa shape index (κ2) is 12.2. The number of fused-ring (bicyclic) bond motifs is 1. The van der Waals surface area contributed by atoms with E-state index in [1.807, 2.05) is 6.07 Å². The number of nitrogens with zero attached hydrogens (tertiary/aromatic N) is 2. The molecule has 3 aromatic carbocycles. The number of amides is 3. The van der Waals surface area contributed by atoms with E-state index in [-0.39, 0.29) is 56.8 Å². The molecule has 0 fully saturated rings. The quantitative estimate of drug-likeness (QED) is 0.180. The minimum Gasteiger partial charge on any atom is -0.453 e. The van der Waals surface area contributed by atoms with Gasteiger partial charge in [-0.2, -0.15) is 18.4 Å². The number of hydrogen-bond acceptors (Lipinski definition) is 9. The number of hydrogen-bond donors (Lipinski definition) is 5. The van der Waals surface area contributed by atoms with Crippen LogP contribution in [-0.4, -0.2) is 40.4 Å². The summed E-state index contributed by atoms with van der Waals surface area (Å²) in [4.78, 5) is 37.1. The van der Waals surface area contributed by atoms with Crippen molar-refractivity contribution in [1.29, 1.82) is 5.26 Å². The Bertz CT molecular complexity index is 1780. The predicted molar refractivity (Wildman–Crippen MR) is 146 cm³/mol. The van der Waals surface area contributed by atoms with Crippen molar-refractivity contribution in [2.24, 2.45) is 0 Å². The van der Waals surface area contributed by atoms with Gasteiger partial charge in [-0.25, -0.2) is 4.79 Å². The number of methoxy groups -OCH3 is 1. The lowest BCUT2D eigenvalue weighted by molar-refractivity contribution is -0.137. The standard InChI is InChI=1S/C28H22F3N5O7/c1-3-23(37)34-21-11-22-18(10-16(21)15-6-5-14(33-27(41)42-2)9-19(15)28(29,30)31)24(36-43-22)25(38)35-20-7-4-13(12-32)8-17(20)26(39)40/h4-11,26,39-40H,3H2,1-2H3,(H,33,41)(H,34,37)(H,35,38). The van der Waals surface area contributed by atoms with E-state index in [0.29, 0.717) is 6.07 Å². The van der Waals surface area contributed by atoms with Crippen molar-refractivity contribution >= 4 is 45.9 Å². The number of aliphatic hydroxyl groups is 2. The van der Waals surface area contributed by atoms with Crippen LogP contribution in [0.25, 0.3) is 22.1 Å². The molecule has 3 amide bonds. The third-order valence-electron chi connectivity index (χ3n) is 6.17. The molecule has 5 N–H and O–H groups in total. The molecular formula is C28H22F3N5O7. The first-order chi connectivity index (χ1) is 20.4. The van der Waals surface area contributed by atoms with Crippen LogP contribution >= 0.6 is 0 Å². The Morgan fingerprint density at radius 1 is 1.02 bits per heavy atom. The van der Waals surface area contributed by atoms with Gasteiger partial charge in [0.2, 0.25) is 5.91 Å². The van der Waals surface area contributed by atoms with Gasteiger partial charge in [0.1, 0.15) is 0 Å². The number of halogens is 3. The van der Waals surface area contributed by atoms with E-state index in [4.69, 9.17) is 9.78 Å². The molecule has 15 heteroatoms. The SMILES string of the molecule is CCC(=O)Nc1cc2onc(C(=O)Nc3ccc(C#N)cc3C(O)O)c2cc1-c1ccc(NC(=O)OC)cc1C(F)(F)F. The van der Waals surface area contributed by atoms with E-state index in [1.54, 1.807) is 6.92 Å². The van der Waals surface area contributed by atoms with Crippen molar-refractivity contribution in [1.82, 2.24) is 5.16 Å². The smallest absolute Gasteiger partial charge is 0.417 e. The number of rotatable bonds is 7. The monoisotopic (exact) mass is 597 g/mol. The second-order valence-electron chi connectivity index (χ2n) is 8.94. The lowest BCUT2D eigenvalue weighted by Gasteiger charge is -2.18. The summed E-state index contributed by atoms with van der Waals surface area (Å²) in [6.45, 7) is 1.54. The Labute approximate surface area is 240 Å². The second-order valence-corrected chi connectivity index (χ2v) is 8.94. The van der Waals surface area contributed by atoms with Crippen LogP contribution in [0.5, 0.6) is 0 Å². The third-order valence-corrected chi connectivity index (χ3v) is 6.17. The molecular weight excluding hydrogens is 575 g/mol. The van der Waals surface area contributed by atoms with Gasteiger partial charge in [0.25, 0.3) is 5.91 Å². The van der Waals surface area contributed by atoms with Crippen LogP contribution < -0.4 is 16.0 Å². The van der Waals surface area contributed by atoms with Gasteiger partial charge in [-0.15, -0.1) is 0 Å². The highest BCUT2D eigenvalue weighted by molar-refractivity contribution is 6.13. The molecule has 43 heavy (non-hydrogen) atoms. The van der Waals surface area contributed by atoms with Crippen LogP contribution in [0, 0.1) is 11.3 Å². The summed E-state index contributed by atoms with van der Waals surface area (Å²) in [7, 11) is 1.05. The van der Waals surface area contributed by atoms with Gasteiger partial charge in [-0.05, 0) is 42.0 Å². The Hall–Kier alpha value is -5.46. The number of aliphatic hydroxyl groups excluding tert-OH is 1. The number of carbonyl (C=O) groups is 3. The molecule has 222 valence electrons. The number of aromatic nitrogens is 1. The molecule has 0 unspecified atom stereocenters. The molecule has 0 aliphatic heterocycles. The first-order valence-electron chi connectivity index (χ1n) is 12.4. The van der Waals surface area contributed by atoms with E-state index >= 15 is 0 Å². The van der Waals surface area contributed by atoms with Crippen LogP contribution in [0.2, 0.25) is 0 Å². The highest BCUT2D eigenvalue weighted by Gasteiger charge is 2.35. The van der Waals surface area contributed by atoms with E-state index in [0.717, 1.165) is 19.2 Å². The van der Waals surface area contributed by atoms with E-state index in [2.05, 4.69) is 25.8 Å². The fraction of sp³-hybridized carbons (Fsp3) is 0.179. The number of nitrogens with one attached hydrogen (secondary N) is 3. The minimum absolute atomic E-state index is 0.000708. The summed E-state index contributed by atoms with van der Waals surface area (Å²) in [6.07, 6.45) is -7.96. The van der Waals surface area contributed by atoms with Gasteiger partial charge in [0, 0.05) is 35.0 Å². The Morgan fingerprint density at radius 3 is 2.40 bits per heavy atom. The maximum absolute atomic E-state index is 14.3. The first-order valence-corrected chi connectivity index (χ1v) is 12.4. The number of nitriles is 1. The first kappa shape index (κ1) is 30.5. The van der Waals surface area contributed by atoms with Crippen LogP contribution in [-0.2, 0) is 15.7 Å². The number of anilines is 3. The zero-order valence-corrected chi connectivity index (χ0v) is 22.4. The number of carbonyl (C=O) groups excluding carboxylic acids is 3. The zero-order valence-electron chi connectivity index (χ0n) is 22.4. The number of benzene rings is 3. The topological polar surface area (TPSA) is 187 Å². The molecule has 0 spiro atoms. The predicted octanol–water partition coefficient (Wildman–Crippen LogP) is 5.15. The van der Waals surface area contributed by atoms with Crippen molar-refractivity contribution in [3.63, 3.8) is 0 Å². The molecule has 0 radical (unpaired) electrons. The molecule has 4 rings (SSSR count). The average molecular weight is 598 g/mol. The number of alkyl halides is 3. The van der Waals surface area contributed by atoms with Crippen molar-refractivity contribution in [3.05, 3.63) is 70.9 Å². The van der Waals surface area contributed by atoms with Crippen molar-refractivity contribution in [2.45, 2.75) is 25.8 Å². The summed E-state index contributed by atoms with van der Waals surface area (Å²) in [6, 6.07) is 10.9. The molecule has 12 nitrogen and oxygen atoms in total. The van der Waals surface area contributed by atoms with Gasteiger partial charge in [0.15, 0.2) is 17.6 Å². The normalized spacial score (nSPS) is 11.2. The Morgan fingerprint density at radius 2 is 1.77 bits per heavy atom. The molecule has 4 aromatic rings. The molecule has 1 aromatic heterocycles. The highest BCUT2D eigenvalue weighted by atomic mass is 19.4. The minimum atomic E-state index is -4.92. The van der Waals surface area contributed by atoms with Crippen LogP contribution in [0.4, 0.5) is 35.0 Å². The highest BCUT2D eigenvalue weighted by Crippen LogP contribution is 2.43. The third kappa shape index (κ3) is 6.56. The molecule has 0 aliphatic carbocycles. The lowest BCUT2D eigenvalue weighted by Crippen LogP contribution is -2.15. The number of ether oxygens (including phenoxy) is 1. The van der Waals surface area contributed by atoms with Gasteiger partial charge in [0.05, 0.1) is 35.4 Å². The van der Waals surface area contributed by atoms with Gasteiger partial charge < -0.3 is 30.1 Å². The summed E-state index contributed by atoms with van der Waals surface area (Å²) in [5.74, 6) is -1.44. The molecule has 0 bridgehead atoms. The summed E-state index contributed by atoms with van der Waals surface area (Å²) >= 11 is 0.